The van der Waals surface area contributed by atoms with Gasteiger partial charge in [-0.2, -0.15) is 0 Å². The highest BCUT2D eigenvalue weighted by Crippen LogP contribution is 2.33. The van der Waals surface area contributed by atoms with E-state index in [0.29, 0.717) is 11.8 Å². The molecule has 1 atom stereocenters. The highest BCUT2D eigenvalue weighted by Gasteiger charge is 2.20. The molecule has 1 nitrogen and oxygen atoms in total. The van der Waals surface area contributed by atoms with Crippen LogP contribution in [0.4, 0.5) is 5.69 Å². The van der Waals surface area contributed by atoms with Crippen molar-refractivity contribution in [2.75, 3.05) is 18.0 Å². The van der Waals surface area contributed by atoms with Gasteiger partial charge in [0.1, 0.15) is 0 Å². The Hall–Kier alpha value is -2.28. The van der Waals surface area contributed by atoms with Crippen molar-refractivity contribution >= 4 is 5.69 Å². The van der Waals surface area contributed by atoms with Crippen LogP contribution in [0.3, 0.4) is 0 Å². The van der Waals surface area contributed by atoms with Crippen molar-refractivity contribution in [3.8, 4) is 0 Å². The minimum absolute atomic E-state index is 0.546. The fraction of sp³-hybridized carbons (Fsp3) is 0.610. The lowest BCUT2D eigenvalue weighted by atomic mass is 9.83. The molecule has 1 aromatic rings. The molecule has 0 aromatic heterocycles. The topological polar surface area (TPSA) is 3.24 Å². The second-order valence-corrected chi connectivity index (χ2v) is 10.9. The summed E-state index contributed by atoms with van der Waals surface area (Å²) in [5, 5.41) is 0. The number of anilines is 1. The molecule has 1 fully saturated rings. The van der Waals surface area contributed by atoms with E-state index in [9.17, 15) is 0 Å². The second-order valence-electron chi connectivity index (χ2n) is 10.9. The zero-order valence-electron chi connectivity index (χ0n) is 30.8. The molecule has 0 aliphatic carbocycles. The van der Waals surface area contributed by atoms with Crippen LogP contribution in [0.2, 0.25) is 0 Å². The van der Waals surface area contributed by atoms with Crippen LogP contribution in [-0.2, 0) is 0 Å². The highest BCUT2D eigenvalue weighted by molar-refractivity contribution is 5.49. The van der Waals surface area contributed by atoms with Gasteiger partial charge in [0.25, 0.3) is 0 Å². The van der Waals surface area contributed by atoms with Gasteiger partial charge in [-0.3, -0.25) is 0 Å². The number of benzene rings is 1. The number of hydrogen-bond acceptors (Lipinski definition) is 1. The van der Waals surface area contributed by atoms with Gasteiger partial charge < -0.3 is 4.90 Å². The van der Waals surface area contributed by atoms with Crippen LogP contribution in [0.5, 0.6) is 0 Å². The van der Waals surface area contributed by atoms with E-state index in [1.54, 1.807) is 0 Å². The minimum Gasteiger partial charge on any atom is -0.372 e. The maximum absolute atomic E-state index is 3.48. The summed E-state index contributed by atoms with van der Waals surface area (Å²) >= 11 is 0. The summed E-state index contributed by atoms with van der Waals surface area (Å²) in [5.41, 5.74) is 4.34. The van der Waals surface area contributed by atoms with E-state index in [-0.39, 0.29) is 0 Å². The van der Waals surface area contributed by atoms with E-state index in [1.807, 2.05) is 26.8 Å². The highest BCUT2D eigenvalue weighted by atomic mass is 15.1. The first kappa shape index (κ1) is 46.7. The van der Waals surface area contributed by atoms with Crippen LogP contribution in [0.15, 0.2) is 86.0 Å². The molecule has 0 spiro atoms. The Kier molecular flexibility index (Phi) is 38.8. The number of nitrogens with zero attached hydrogens (tertiary/aromatic N) is 1. The zero-order valence-corrected chi connectivity index (χ0v) is 30.8. The van der Waals surface area contributed by atoms with Gasteiger partial charge in [0.2, 0.25) is 0 Å². The van der Waals surface area contributed by atoms with E-state index in [4.69, 9.17) is 0 Å². The number of piperidine rings is 1. The quantitative estimate of drug-likeness (QED) is 0.262. The van der Waals surface area contributed by atoms with Gasteiger partial charge in [0, 0.05) is 24.7 Å². The lowest BCUT2D eigenvalue weighted by Crippen LogP contribution is -2.33. The Balaban J connectivity index is -0.000000296. The average molecular weight is 582 g/mol. The van der Waals surface area contributed by atoms with Gasteiger partial charge in [0.15, 0.2) is 0 Å². The summed E-state index contributed by atoms with van der Waals surface area (Å²) < 4.78 is 0. The smallest absolute Gasteiger partial charge is 0.0366 e. The Labute approximate surface area is 267 Å². The summed E-state index contributed by atoms with van der Waals surface area (Å²) in [4.78, 5) is 2.56. The van der Waals surface area contributed by atoms with Gasteiger partial charge in [-0.1, -0.05) is 130 Å². The Morgan fingerprint density at radius 1 is 0.857 bits per heavy atom. The van der Waals surface area contributed by atoms with Crippen molar-refractivity contribution in [3.63, 3.8) is 0 Å². The zero-order chi connectivity index (χ0) is 33.3. The molecule has 0 amide bonds. The van der Waals surface area contributed by atoms with Crippen molar-refractivity contribution in [2.45, 2.75) is 134 Å². The van der Waals surface area contributed by atoms with Gasteiger partial charge in [-0.25, -0.2) is 0 Å². The number of rotatable bonds is 9. The average Bonchev–Trinajstić information content (AvgIpc) is 3.03. The number of allylic oxidation sites excluding steroid dienone is 7. The first-order valence-corrected chi connectivity index (χ1v) is 17.0. The SMILES string of the molecule is C/C=C(\C)C(c1ccc(N2CCC(CC)CC2)cc1)C(C)C.C/C=C\C(C)C.C=C.C=CCC.CC.CC/C=C/CC. The first-order chi connectivity index (χ1) is 20.2. The normalized spacial score (nSPS) is 13.8. The Morgan fingerprint density at radius 3 is 1.57 bits per heavy atom. The maximum Gasteiger partial charge on any atom is 0.0366 e. The molecule has 1 aromatic carbocycles. The fourth-order valence-corrected chi connectivity index (χ4v) is 4.56. The predicted octanol–water partition coefficient (Wildman–Crippen LogP) is 14.0. The van der Waals surface area contributed by atoms with E-state index < -0.39 is 0 Å². The van der Waals surface area contributed by atoms with Crippen molar-refractivity contribution in [1.29, 1.82) is 0 Å². The first-order valence-electron chi connectivity index (χ1n) is 17.0. The van der Waals surface area contributed by atoms with Gasteiger partial charge in [-0.05, 0) is 88.3 Å². The molecule has 2 rings (SSSR count). The largest absolute Gasteiger partial charge is 0.372 e. The molecular weight excluding hydrogens is 506 g/mol. The van der Waals surface area contributed by atoms with E-state index >= 15 is 0 Å². The van der Waals surface area contributed by atoms with Crippen molar-refractivity contribution in [3.05, 3.63) is 91.6 Å². The summed E-state index contributed by atoms with van der Waals surface area (Å²) in [7, 11) is 0. The lowest BCUT2D eigenvalue weighted by Gasteiger charge is -2.33. The number of hydrogen-bond donors (Lipinski definition) is 0. The summed E-state index contributed by atoms with van der Waals surface area (Å²) in [5.74, 6) is 2.85. The second kappa shape index (κ2) is 34.9. The molecule has 1 unspecified atom stereocenters. The molecule has 42 heavy (non-hydrogen) atoms. The third-order valence-electron chi connectivity index (χ3n) is 6.93. The molecule has 0 saturated carbocycles. The van der Waals surface area contributed by atoms with Crippen LogP contribution < -0.4 is 4.90 Å². The summed E-state index contributed by atoms with van der Waals surface area (Å²) in [6.45, 7) is 40.0. The van der Waals surface area contributed by atoms with Crippen LogP contribution in [0, 0.1) is 17.8 Å². The van der Waals surface area contributed by atoms with Gasteiger partial charge in [-0.15, -0.1) is 19.7 Å². The van der Waals surface area contributed by atoms with E-state index in [2.05, 4.69) is 149 Å². The van der Waals surface area contributed by atoms with Crippen LogP contribution >= 0.6 is 0 Å². The molecular formula is C41H75N. The monoisotopic (exact) mass is 582 g/mol. The third kappa shape index (κ3) is 25.4. The maximum atomic E-state index is 3.48. The molecule has 1 heterocycles. The summed E-state index contributed by atoms with van der Waals surface area (Å²) in [6.07, 6.45) is 20.2. The van der Waals surface area contributed by atoms with Crippen LogP contribution in [-0.4, -0.2) is 13.1 Å². The molecule has 244 valence electrons. The third-order valence-corrected chi connectivity index (χ3v) is 6.93. The minimum atomic E-state index is 0.546. The van der Waals surface area contributed by atoms with Crippen molar-refractivity contribution in [1.82, 2.24) is 0 Å². The molecule has 1 saturated heterocycles. The van der Waals surface area contributed by atoms with Crippen LogP contribution in [0.25, 0.3) is 0 Å². The van der Waals surface area contributed by atoms with Gasteiger partial charge >= 0.3 is 0 Å². The van der Waals surface area contributed by atoms with E-state index in [0.717, 1.165) is 18.3 Å². The molecule has 0 bridgehead atoms. The molecule has 1 heteroatoms. The standard InChI is InChI=1S/C21H33N.2C6H12.C4H8.C2H6.C2H4/c1-6-17(5)21(16(3)4)19-8-10-20(11-9-19)22-14-12-18(7-2)13-15-22;1-4-5-6(2)3;1-3-5-6-4-2;1-3-4-2;2*1-2/h6,8-11,16,18,21H,7,12-15H2,1-5H3;4-6H,1-3H3;5-6H,3-4H2,1-2H3;3H,1,4H2,2H3;1-2H3;1-2H2/b17-6+;5-4-;6-5+;;;. The lowest BCUT2D eigenvalue weighted by molar-refractivity contribution is 0.395. The molecule has 1 aliphatic rings. The molecule has 0 N–H and O–H groups in total. The Bertz CT molecular complexity index is 749. The molecule has 1 aliphatic heterocycles. The molecule has 0 radical (unpaired) electrons. The van der Waals surface area contributed by atoms with Crippen LogP contribution in [0.1, 0.15) is 140 Å². The van der Waals surface area contributed by atoms with Crippen molar-refractivity contribution < 1.29 is 0 Å². The van der Waals surface area contributed by atoms with E-state index in [1.165, 1.54) is 62.0 Å². The predicted molar refractivity (Wildman–Crippen MR) is 201 cm³/mol. The fourth-order valence-electron chi connectivity index (χ4n) is 4.56. The summed E-state index contributed by atoms with van der Waals surface area (Å²) in [6, 6.07) is 9.36. The van der Waals surface area contributed by atoms with Gasteiger partial charge in [0.05, 0.1) is 0 Å². The Morgan fingerprint density at radius 2 is 1.31 bits per heavy atom. The van der Waals surface area contributed by atoms with Crippen molar-refractivity contribution in [2.24, 2.45) is 17.8 Å².